The summed E-state index contributed by atoms with van der Waals surface area (Å²) >= 11 is 12.3. The van der Waals surface area contributed by atoms with E-state index in [0.717, 1.165) is 5.56 Å². The molecule has 1 aliphatic heterocycles. The van der Waals surface area contributed by atoms with E-state index in [9.17, 15) is 14.7 Å². The fourth-order valence-electron chi connectivity index (χ4n) is 3.70. The third-order valence-electron chi connectivity index (χ3n) is 5.36. The van der Waals surface area contributed by atoms with Gasteiger partial charge in [0, 0.05) is 19.2 Å². The van der Waals surface area contributed by atoms with E-state index in [4.69, 9.17) is 32.7 Å². The quantitative estimate of drug-likeness (QED) is 0.303. The Morgan fingerprint density at radius 3 is 2.45 bits per heavy atom. The zero-order valence-corrected chi connectivity index (χ0v) is 20.5. The molecule has 0 radical (unpaired) electrons. The van der Waals surface area contributed by atoms with Crippen LogP contribution in [0.1, 0.15) is 36.6 Å². The summed E-state index contributed by atoms with van der Waals surface area (Å²) in [6, 6.07) is 9.22. The van der Waals surface area contributed by atoms with Crippen molar-refractivity contribution >= 4 is 40.7 Å². The average molecular weight is 492 g/mol. The smallest absolute Gasteiger partial charge is 0.295 e. The minimum Gasteiger partial charge on any atom is -0.507 e. The Labute approximate surface area is 203 Å². The van der Waals surface area contributed by atoms with Gasteiger partial charge in [-0.1, -0.05) is 43.1 Å². The SMILES string of the molecule is COCCN1C(=O)C(=O)C(=C(O)c2ccc(OCC(C)C)c(C)c2)C1c1ccc(Cl)c(Cl)c1. The van der Waals surface area contributed by atoms with E-state index in [1.54, 1.807) is 36.4 Å². The molecular weight excluding hydrogens is 465 g/mol. The number of Topliss-reactive ketones (excluding diaryl/α,β-unsaturated/α-hetero) is 1. The second kappa shape index (κ2) is 10.6. The summed E-state index contributed by atoms with van der Waals surface area (Å²) in [7, 11) is 1.51. The van der Waals surface area contributed by atoms with E-state index in [2.05, 4.69) is 13.8 Å². The first kappa shape index (κ1) is 25.1. The number of ketones is 1. The summed E-state index contributed by atoms with van der Waals surface area (Å²) in [6.45, 7) is 6.94. The van der Waals surface area contributed by atoms with Crippen LogP contribution in [0.15, 0.2) is 42.0 Å². The molecule has 0 aliphatic carbocycles. The molecule has 8 heteroatoms. The normalized spacial score (nSPS) is 17.8. The highest BCUT2D eigenvalue weighted by Crippen LogP contribution is 2.41. The van der Waals surface area contributed by atoms with E-state index < -0.39 is 17.7 Å². The van der Waals surface area contributed by atoms with Crippen LogP contribution in [0.5, 0.6) is 5.75 Å². The van der Waals surface area contributed by atoms with Gasteiger partial charge in [0.15, 0.2) is 0 Å². The van der Waals surface area contributed by atoms with Crippen LogP contribution in [0.25, 0.3) is 5.76 Å². The number of methoxy groups -OCH3 is 1. The molecule has 1 saturated heterocycles. The molecule has 6 nitrogen and oxygen atoms in total. The predicted octanol–water partition coefficient (Wildman–Crippen LogP) is 5.40. The van der Waals surface area contributed by atoms with Crippen LogP contribution in [-0.4, -0.2) is 48.6 Å². The van der Waals surface area contributed by atoms with E-state index in [1.807, 2.05) is 6.92 Å². The summed E-state index contributed by atoms with van der Waals surface area (Å²) in [5.74, 6) is -0.674. The number of aryl methyl sites for hydroxylation is 1. The molecule has 0 bridgehead atoms. The lowest BCUT2D eigenvalue weighted by atomic mass is 9.95. The summed E-state index contributed by atoms with van der Waals surface area (Å²) in [5.41, 5.74) is 1.78. The third kappa shape index (κ3) is 5.35. The summed E-state index contributed by atoms with van der Waals surface area (Å²) in [6.07, 6.45) is 0. The highest BCUT2D eigenvalue weighted by Gasteiger charge is 2.46. The van der Waals surface area contributed by atoms with Crippen molar-refractivity contribution in [3.05, 3.63) is 68.7 Å². The molecule has 1 atom stereocenters. The van der Waals surface area contributed by atoms with E-state index in [1.165, 1.54) is 12.0 Å². The molecule has 2 aromatic carbocycles. The number of likely N-dealkylation sites (tertiary alicyclic amines) is 1. The number of carbonyl (C=O) groups excluding carboxylic acids is 2. The molecule has 1 fully saturated rings. The molecule has 176 valence electrons. The van der Waals surface area contributed by atoms with Gasteiger partial charge in [-0.25, -0.2) is 0 Å². The van der Waals surface area contributed by atoms with Gasteiger partial charge in [0.05, 0.1) is 34.9 Å². The second-order valence-electron chi connectivity index (χ2n) is 8.34. The number of rotatable bonds is 8. The molecule has 0 aromatic heterocycles. The molecule has 1 amide bonds. The van der Waals surface area contributed by atoms with Crippen LogP contribution in [0.3, 0.4) is 0 Å². The minimum absolute atomic E-state index is 0.00950. The standard InChI is InChI=1S/C25H27Cl2NO5/c1-14(2)13-33-20-8-6-17(11-15(20)3)23(29)21-22(16-5-7-18(26)19(27)12-16)28(9-10-32-4)25(31)24(21)30/h5-8,11-12,14,22,29H,9-10,13H2,1-4H3. The van der Waals surface area contributed by atoms with Crippen molar-refractivity contribution in [3.8, 4) is 5.75 Å². The number of nitrogens with zero attached hydrogens (tertiary/aromatic N) is 1. The molecule has 1 aliphatic rings. The number of amides is 1. The van der Waals surface area contributed by atoms with Gasteiger partial charge in [-0.05, 0) is 54.3 Å². The number of aliphatic hydroxyl groups is 1. The van der Waals surface area contributed by atoms with E-state index >= 15 is 0 Å². The fourth-order valence-corrected chi connectivity index (χ4v) is 4.01. The number of hydrogen-bond donors (Lipinski definition) is 1. The Balaban J connectivity index is 2.10. The molecular formula is C25H27Cl2NO5. The highest BCUT2D eigenvalue weighted by atomic mass is 35.5. The first-order chi connectivity index (χ1) is 15.6. The van der Waals surface area contributed by atoms with Gasteiger partial charge >= 0.3 is 0 Å². The molecule has 3 rings (SSSR count). The van der Waals surface area contributed by atoms with Gasteiger partial charge in [0.1, 0.15) is 11.5 Å². The number of carbonyl (C=O) groups is 2. The molecule has 1 N–H and O–H groups in total. The molecule has 1 heterocycles. The van der Waals surface area contributed by atoms with Crippen molar-refractivity contribution in [3.63, 3.8) is 0 Å². The number of ether oxygens (including phenoxy) is 2. The van der Waals surface area contributed by atoms with E-state index in [-0.39, 0.29) is 29.5 Å². The maximum Gasteiger partial charge on any atom is 0.295 e. The number of hydrogen-bond acceptors (Lipinski definition) is 5. The van der Waals surface area contributed by atoms with Crippen LogP contribution in [0.4, 0.5) is 0 Å². The zero-order valence-electron chi connectivity index (χ0n) is 19.0. The fraction of sp³-hybridized carbons (Fsp3) is 0.360. The summed E-state index contributed by atoms with van der Waals surface area (Å²) in [5, 5.41) is 11.8. The van der Waals surface area contributed by atoms with Crippen molar-refractivity contribution in [2.75, 3.05) is 26.9 Å². The minimum atomic E-state index is -0.827. The molecule has 0 spiro atoms. The van der Waals surface area contributed by atoms with Crippen LogP contribution in [0.2, 0.25) is 10.0 Å². The Morgan fingerprint density at radius 1 is 1.12 bits per heavy atom. The van der Waals surface area contributed by atoms with Crippen molar-refractivity contribution in [1.29, 1.82) is 0 Å². The first-order valence-electron chi connectivity index (χ1n) is 10.6. The predicted molar refractivity (Wildman–Crippen MR) is 129 cm³/mol. The lowest BCUT2D eigenvalue weighted by Crippen LogP contribution is -2.32. The molecule has 0 saturated carbocycles. The Kier molecular flexibility index (Phi) is 8.05. The van der Waals surface area contributed by atoms with Crippen molar-refractivity contribution in [1.82, 2.24) is 4.90 Å². The molecule has 2 aromatic rings. The van der Waals surface area contributed by atoms with Crippen molar-refractivity contribution < 1.29 is 24.2 Å². The van der Waals surface area contributed by atoms with Gasteiger partial charge in [-0.15, -0.1) is 0 Å². The number of halogens is 2. The first-order valence-corrected chi connectivity index (χ1v) is 11.4. The van der Waals surface area contributed by atoms with Crippen molar-refractivity contribution in [2.24, 2.45) is 5.92 Å². The lowest BCUT2D eigenvalue weighted by molar-refractivity contribution is -0.140. The summed E-state index contributed by atoms with van der Waals surface area (Å²) < 4.78 is 10.9. The van der Waals surface area contributed by atoms with Gasteiger partial charge in [-0.2, -0.15) is 0 Å². The van der Waals surface area contributed by atoms with Gasteiger partial charge in [0.2, 0.25) is 0 Å². The summed E-state index contributed by atoms with van der Waals surface area (Å²) in [4.78, 5) is 27.3. The molecule has 33 heavy (non-hydrogen) atoms. The van der Waals surface area contributed by atoms with Gasteiger partial charge in [-0.3, -0.25) is 9.59 Å². The van der Waals surface area contributed by atoms with Crippen LogP contribution in [-0.2, 0) is 14.3 Å². The van der Waals surface area contributed by atoms with Crippen LogP contribution < -0.4 is 4.74 Å². The largest absolute Gasteiger partial charge is 0.507 e. The Morgan fingerprint density at radius 2 is 1.85 bits per heavy atom. The number of benzene rings is 2. The van der Waals surface area contributed by atoms with Crippen LogP contribution in [0, 0.1) is 12.8 Å². The third-order valence-corrected chi connectivity index (χ3v) is 6.10. The van der Waals surface area contributed by atoms with E-state index in [0.29, 0.717) is 34.4 Å². The highest BCUT2D eigenvalue weighted by molar-refractivity contribution is 6.46. The van der Waals surface area contributed by atoms with Gasteiger partial charge < -0.3 is 19.5 Å². The lowest BCUT2D eigenvalue weighted by Gasteiger charge is -2.25. The van der Waals surface area contributed by atoms with Crippen molar-refractivity contribution in [2.45, 2.75) is 26.8 Å². The van der Waals surface area contributed by atoms with Crippen LogP contribution >= 0.6 is 23.2 Å². The second-order valence-corrected chi connectivity index (χ2v) is 9.16. The molecule has 1 unspecified atom stereocenters. The zero-order chi connectivity index (χ0) is 24.3. The average Bonchev–Trinajstić information content (AvgIpc) is 3.02. The maximum absolute atomic E-state index is 13.0. The maximum atomic E-state index is 13.0. The number of aliphatic hydroxyl groups excluding tert-OH is 1. The monoisotopic (exact) mass is 491 g/mol. The Hall–Kier alpha value is -2.54. The van der Waals surface area contributed by atoms with Gasteiger partial charge in [0.25, 0.3) is 11.7 Å². The Bertz CT molecular complexity index is 1100. The topological polar surface area (TPSA) is 76.1 Å².